The Labute approximate surface area is 114 Å². The molecule has 4 heteroatoms. The largest absolute Gasteiger partial charge is 0.389 e. The first-order valence-corrected chi connectivity index (χ1v) is 6.66. The third-order valence-corrected chi connectivity index (χ3v) is 3.04. The summed E-state index contributed by atoms with van der Waals surface area (Å²) in [7, 11) is 0. The van der Waals surface area contributed by atoms with Crippen LogP contribution in [0.1, 0.15) is 49.0 Å². The minimum atomic E-state index is -0.0481. The molecule has 3 nitrogen and oxygen atoms in total. The van der Waals surface area contributed by atoms with Crippen LogP contribution in [0, 0.1) is 0 Å². The van der Waals surface area contributed by atoms with Crippen molar-refractivity contribution in [2.75, 3.05) is 0 Å². The summed E-state index contributed by atoms with van der Waals surface area (Å²) < 4.78 is 0. The second-order valence-corrected chi connectivity index (χ2v) is 4.90. The summed E-state index contributed by atoms with van der Waals surface area (Å²) >= 11 is 4.87. The number of unbranched alkanes of at least 4 members (excludes halogenated alkanes) is 1. The van der Waals surface area contributed by atoms with E-state index in [1.807, 2.05) is 6.92 Å². The third-order valence-electron chi connectivity index (χ3n) is 2.80. The van der Waals surface area contributed by atoms with Crippen molar-refractivity contribution in [2.45, 2.75) is 39.2 Å². The van der Waals surface area contributed by atoms with Gasteiger partial charge in [0.2, 0.25) is 0 Å². The number of hydrogen-bond donors (Lipinski definition) is 2. The predicted octanol–water partition coefficient (Wildman–Crippen LogP) is 2.63. The van der Waals surface area contributed by atoms with Gasteiger partial charge in [0.25, 0.3) is 5.91 Å². The first kappa shape index (κ1) is 14.6. The molecule has 0 aromatic heterocycles. The first-order valence-electron chi connectivity index (χ1n) is 6.25. The molecule has 18 heavy (non-hydrogen) atoms. The highest BCUT2D eigenvalue weighted by atomic mass is 32.1. The molecular formula is C14H20N2OS. The Morgan fingerprint density at radius 3 is 2.39 bits per heavy atom. The predicted molar refractivity (Wildman–Crippen MR) is 78.8 cm³/mol. The molecule has 98 valence electrons. The number of amides is 1. The number of nitrogens with two attached hydrogens (primary N) is 1. The molecule has 0 saturated carbocycles. The number of thiocarbonyl (C=S) groups is 1. The van der Waals surface area contributed by atoms with Crippen LogP contribution in [0.3, 0.4) is 0 Å². The zero-order valence-corrected chi connectivity index (χ0v) is 11.7. The number of carbonyl (C=O) groups is 1. The van der Waals surface area contributed by atoms with Crippen LogP contribution in [-0.4, -0.2) is 16.9 Å². The fourth-order valence-electron chi connectivity index (χ4n) is 1.68. The van der Waals surface area contributed by atoms with Gasteiger partial charge in [0.05, 0.1) is 0 Å². The van der Waals surface area contributed by atoms with Crippen molar-refractivity contribution in [1.82, 2.24) is 5.32 Å². The van der Waals surface area contributed by atoms with E-state index in [0.717, 1.165) is 24.8 Å². The number of benzene rings is 1. The van der Waals surface area contributed by atoms with Crippen LogP contribution < -0.4 is 11.1 Å². The lowest BCUT2D eigenvalue weighted by Crippen LogP contribution is -2.32. The van der Waals surface area contributed by atoms with Gasteiger partial charge < -0.3 is 11.1 Å². The summed E-state index contributed by atoms with van der Waals surface area (Å²) in [5.74, 6) is -0.0481. The fraction of sp³-hybridized carbons (Fsp3) is 0.429. The van der Waals surface area contributed by atoms with Crippen LogP contribution in [0.4, 0.5) is 0 Å². The Hall–Kier alpha value is -1.42. The molecule has 1 rings (SSSR count). The zero-order chi connectivity index (χ0) is 13.5. The van der Waals surface area contributed by atoms with Gasteiger partial charge in [-0.25, -0.2) is 0 Å². The summed E-state index contributed by atoms with van der Waals surface area (Å²) in [4.78, 5) is 12.3. The molecule has 0 aliphatic heterocycles. The smallest absolute Gasteiger partial charge is 0.251 e. The van der Waals surface area contributed by atoms with Crippen molar-refractivity contribution < 1.29 is 4.79 Å². The molecule has 0 radical (unpaired) electrons. The monoisotopic (exact) mass is 264 g/mol. The molecule has 0 bridgehead atoms. The van der Waals surface area contributed by atoms with Gasteiger partial charge in [0.1, 0.15) is 4.99 Å². The molecule has 0 aliphatic carbocycles. The van der Waals surface area contributed by atoms with Crippen molar-refractivity contribution in [2.24, 2.45) is 5.73 Å². The quantitative estimate of drug-likeness (QED) is 0.777. The molecule has 0 heterocycles. The topological polar surface area (TPSA) is 55.1 Å². The van der Waals surface area contributed by atoms with Crippen LogP contribution in [-0.2, 0) is 0 Å². The Morgan fingerprint density at radius 2 is 1.89 bits per heavy atom. The van der Waals surface area contributed by atoms with Crippen LogP contribution >= 0.6 is 12.2 Å². The van der Waals surface area contributed by atoms with Gasteiger partial charge in [-0.15, -0.1) is 0 Å². The van der Waals surface area contributed by atoms with Crippen molar-refractivity contribution in [3.8, 4) is 0 Å². The maximum atomic E-state index is 11.9. The van der Waals surface area contributed by atoms with E-state index < -0.39 is 0 Å². The summed E-state index contributed by atoms with van der Waals surface area (Å²) in [5.41, 5.74) is 6.92. The van der Waals surface area contributed by atoms with Gasteiger partial charge >= 0.3 is 0 Å². The molecule has 1 atom stereocenters. The Bertz CT molecular complexity index is 414. The Kier molecular flexibility index (Phi) is 5.78. The van der Waals surface area contributed by atoms with Crippen molar-refractivity contribution in [1.29, 1.82) is 0 Å². The van der Waals surface area contributed by atoms with Crippen molar-refractivity contribution in [3.63, 3.8) is 0 Å². The molecule has 0 fully saturated rings. The average Bonchev–Trinajstić information content (AvgIpc) is 2.36. The van der Waals surface area contributed by atoms with Gasteiger partial charge in [0.15, 0.2) is 0 Å². The summed E-state index contributed by atoms with van der Waals surface area (Å²) in [6.45, 7) is 4.17. The molecular weight excluding hydrogens is 244 g/mol. The number of hydrogen-bond acceptors (Lipinski definition) is 2. The summed E-state index contributed by atoms with van der Waals surface area (Å²) in [6.07, 6.45) is 3.28. The lowest BCUT2D eigenvalue weighted by Gasteiger charge is -2.13. The van der Waals surface area contributed by atoms with Crippen molar-refractivity contribution >= 4 is 23.1 Å². The first-order chi connectivity index (χ1) is 8.54. The van der Waals surface area contributed by atoms with Crippen molar-refractivity contribution in [3.05, 3.63) is 35.4 Å². The molecule has 0 spiro atoms. The van der Waals surface area contributed by atoms with Gasteiger partial charge in [-0.05, 0) is 25.5 Å². The summed E-state index contributed by atoms with van der Waals surface area (Å²) in [6, 6.07) is 7.24. The molecule has 1 aromatic rings. The van der Waals surface area contributed by atoms with E-state index in [1.54, 1.807) is 24.3 Å². The highest BCUT2D eigenvalue weighted by molar-refractivity contribution is 7.80. The fourth-order valence-corrected chi connectivity index (χ4v) is 1.81. The van der Waals surface area contributed by atoms with Gasteiger partial charge in [-0.2, -0.15) is 0 Å². The van der Waals surface area contributed by atoms with E-state index >= 15 is 0 Å². The molecule has 1 unspecified atom stereocenters. The van der Waals surface area contributed by atoms with E-state index in [9.17, 15) is 4.79 Å². The number of nitrogens with one attached hydrogen (secondary N) is 1. The number of carbonyl (C=O) groups excluding carboxylic acids is 1. The van der Waals surface area contributed by atoms with Gasteiger partial charge in [-0.1, -0.05) is 44.1 Å². The Balaban J connectivity index is 2.58. The Morgan fingerprint density at radius 1 is 1.33 bits per heavy atom. The van der Waals surface area contributed by atoms with Crippen LogP contribution in [0.15, 0.2) is 24.3 Å². The molecule has 1 amide bonds. The minimum absolute atomic E-state index is 0.0481. The number of rotatable bonds is 6. The van der Waals surface area contributed by atoms with E-state index in [4.69, 9.17) is 18.0 Å². The highest BCUT2D eigenvalue weighted by Gasteiger charge is 2.09. The van der Waals surface area contributed by atoms with E-state index in [2.05, 4.69) is 12.2 Å². The molecule has 1 aromatic carbocycles. The maximum absolute atomic E-state index is 11.9. The van der Waals surface area contributed by atoms with Gasteiger partial charge in [-0.3, -0.25) is 4.79 Å². The molecule has 3 N–H and O–H groups in total. The third kappa shape index (κ3) is 4.45. The highest BCUT2D eigenvalue weighted by Crippen LogP contribution is 2.06. The van der Waals surface area contributed by atoms with E-state index in [0.29, 0.717) is 10.6 Å². The second kappa shape index (κ2) is 7.11. The maximum Gasteiger partial charge on any atom is 0.251 e. The average molecular weight is 264 g/mol. The molecule has 0 saturated heterocycles. The zero-order valence-electron chi connectivity index (χ0n) is 10.9. The van der Waals surface area contributed by atoms with E-state index in [-0.39, 0.29) is 11.9 Å². The van der Waals surface area contributed by atoms with Crippen LogP contribution in [0.5, 0.6) is 0 Å². The normalized spacial score (nSPS) is 11.9. The minimum Gasteiger partial charge on any atom is -0.389 e. The standard InChI is InChI=1S/C14H20N2OS/c1-3-4-5-10(2)16-14(17)12-8-6-11(7-9-12)13(15)18/h6-10H,3-5H2,1-2H3,(H2,15,18)(H,16,17). The van der Waals surface area contributed by atoms with Gasteiger partial charge in [0, 0.05) is 17.2 Å². The summed E-state index contributed by atoms with van der Waals surface area (Å²) in [5, 5.41) is 2.98. The molecule has 0 aliphatic rings. The van der Waals surface area contributed by atoms with Crippen LogP contribution in [0.2, 0.25) is 0 Å². The van der Waals surface area contributed by atoms with Crippen LogP contribution in [0.25, 0.3) is 0 Å². The second-order valence-electron chi connectivity index (χ2n) is 4.46. The SMILES string of the molecule is CCCCC(C)NC(=O)c1ccc(C(N)=S)cc1. The lowest BCUT2D eigenvalue weighted by atomic mass is 10.1. The lowest BCUT2D eigenvalue weighted by molar-refractivity contribution is 0.0938. The van der Waals surface area contributed by atoms with E-state index in [1.165, 1.54) is 0 Å².